The molecular formula is C17H16ClN3O. The molecule has 0 radical (unpaired) electrons. The second kappa shape index (κ2) is 5.91. The van der Waals surface area contributed by atoms with Crippen molar-refractivity contribution in [2.45, 2.75) is 20.5 Å². The summed E-state index contributed by atoms with van der Waals surface area (Å²) in [5.41, 5.74) is 5.56. The van der Waals surface area contributed by atoms with E-state index in [2.05, 4.69) is 36.3 Å². The third kappa shape index (κ3) is 2.63. The summed E-state index contributed by atoms with van der Waals surface area (Å²) < 4.78 is 1.75. The van der Waals surface area contributed by atoms with Gasteiger partial charge in [-0.15, -0.1) is 5.10 Å². The molecule has 0 aliphatic heterocycles. The van der Waals surface area contributed by atoms with Crippen molar-refractivity contribution in [1.82, 2.24) is 15.0 Å². The van der Waals surface area contributed by atoms with Crippen molar-refractivity contribution >= 4 is 11.6 Å². The predicted molar refractivity (Wildman–Crippen MR) is 87.2 cm³/mol. The molecule has 1 heterocycles. The van der Waals surface area contributed by atoms with E-state index in [-0.39, 0.29) is 6.61 Å². The lowest BCUT2D eigenvalue weighted by Gasteiger charge is -2.10. The van der Waals surface area contributed by atoms with Crippen molar-refractivity contribution in [3.05, 3.63) is 64.3 Å². The number of aliphatic hydroxyl groups excluding tert-OH is 1. The SMILES string of the molecule is Cc1ccc(-n2nnc(CO)c2-c2ccc(Cl)cc2)cc1C. The van der Waals surface area contributed by atoms with Gasteiger partial charge in [0.2, 0.25) is 0 Å². The fourth-order valence-corrected chi connectivity index (χ4v) is 2.48. The summed E-state index contributed by atoms with van der Waals surface area (Å²) in [6, 6.07) is 13.5. The standard InChI is InChI=1S/C17H16ClN3O/c1-11-3-8-15(9-12(11)2)21-17(16(10-22)19-20-21)13-4-6-14(18)7-5-13/h3-9,22H,10H2,1-2H3. The summed E-state index contributed by atoms with van der Waals surface area (Å²) in [5, 5.41) is 18.5. The molecular weight excluding hydrogens is 298 g/mol. The number of halogens is 1. The number of benzene rings is 2. The molecule has 0 atom stereocenters. The minimum Gasteiger partial charge on any atom is -0.390 e. The van der Waals surface area contributed by atoms with Gasteiger partial charge in [-0.2, -0.15) is 0 Å². The smallest absolute Gasteiger partial charge is 0.117 e. The van der Waals surface area contributed by atoms with Gasteiger partial charge in [-0.1, -0.05) is 35.0 Å². The third-order valence-corrected chi connectivity index (χ3v) is 3.99. The normalized spacial score (nSPS) is 10.9. The first-order chi connectivity index (χ1) is 10.6. The van der Waals surface area contributed by atoms with E-state index in [4.69, 9.17) is 11.6 Å². The molecule has 4 nitrogen and oxygen atoms in total. The molecule has 0 unspecified atom stereocenters. The van der Waals surface area contributed by atoms with E-state index in [9.17, 15) is 5.11 Å². The van der Waals surface area contributed by atoms with E-state index in [0.717, 1.165) is 16.9 Å². The number of aromatic nitrogens is 3. The number of nitrogens with zero attached hydrogens (tertiary/aromatic N) is 3. The quantitative estimate of drug-likeness (QED) is 0.802. The lowest BCUT2D eigenvalue weighted by molar-refractivity contribution is 0.277. The summed E-state index contributed by atoms with van der Waals surface area (Å²) in [6.07, 6.45) is 0. The first kappa shape index (κ1) is 14.8. The maximum Gasteiger partial charge on any atom is 0.117 e. The Hall–Kier alpha value is -2.17. The van der Waals surface area contributed by atoms with Crippen molar-refractivity contribution in [1.29, 1.82) is 0 Å². The zero-order chi connectivity index (χ0) is 15.7. The number of aryl methyl sites for hydroxylation is 2. The Balaban J connectivity index is 2.18. The van der Waals surface area contributed by atoms with E-state index in [1.54, 1.807) is 4.68 Å². The van der Waals surface area contributed by atoms with E-state index in [1.165, 1.54) is 11.1 Å². The van der Waals surface area contributed by atoms with Crippen molar-refractivity contribution in [2.24, 2.45) is 0 Å². The van der Waals surface area contributed by atoms with Gasteiger partial charge in [0, 0.05) is 10.6 Å². The van der Waals surface area contributed by atoms with Gasteiger partial charge >= 0.3 is 0 Å². The van der Waals surface area contributed by atoms with E-state index < -0.39 is 0 Å². The molecule has 5 heteroatoms. The van der Waals surface area contributed by atoms with Gasteiger partial charge in [0.05, 0.1) is 12.3 Å². The van der Waals surface area contributed by atoms with Gasteiger partial charge in [0.25, 0.3) is 0 Å². The van der Waals surface area contributed by atoms with Crippen molar-refractivity contribution < 1.29 is 5.11 Å². The Labute approximate surface area is 134 Å². The van der Waals surface area contributed by atoms with Gasteiger partial charge in [-0.05, 0) is 49.2 Å². The molecule has 0 saturated carbocycles. The van der Waals surface area contributed by atoms with Gasteiger partial charge in [0.15, 0.2) is 0 Å². The number of hydrogen-bond acceptors (Lipinski definition) is 3. The van der Waals surface area contributed by atoms with Crippen LogP contribution < -0.4 is 0 Å². The van der Waals surface area contributed by atoms with Crippen LogP contribution in [0.3, 0.4) is 0 Å². The van der Waals surface area contributed by atoms with Gasteiger partial charge < -0.3 is 5.11 Å². The minimum atomic E-state index is -0.164. The number of aliphatic hydroxyl groups is 1. The second-order valence-electron chi connectivity index (χ2n) is 5.23. The molecule has 0 bridgehead atoms. The zero-order valence-corrected chi connectivity index (χ0v) is 13.2. The summed E-state index contributed by atoms with van der Waals surface area (Å²) in [6.45, 7) is 3.97. The summed E-state index contributed by atoms with van der Waals surface area (Å²) in [4.78, 5) is 0. The Morgan fingerprint density at radius 2 is 1.77 bits per heavy atom. The van der Waals surface area contributed by atoms with Crippen LogP contribution in [0.15, 0.2) is 42.5 Å². The Morgan fingerprint density at radius 3 is 2.41 bits per heavy atom. The lowest BCUT2D eigenvalue weighted by Crippen LogP contribution is -2.01. The Morgan fingerprint density at radius 1 is 1.05 bits per heavy atom. The first-order valence-corrected chi connectivity index (χ1v) is 7.37. The van der Waals surface area contributed by atoms with Crippen LogP contribution in [0.5, 0.6) is 0 Å². The molecule has 0 amide bonds. The number of hydrogen-bond donors (Lipinski definition) is 1. The topological polar surface area (TPSA) is 50.9 Å². The van der Waals surface area contributed by atoms with E-state index in [1.807, 2.05) is 30.3 Å². The molecule has 0 saturated heterocycles. The average Bonchev–Trinajstić information content (AvgIpc) is 2.95. The first-order valence-electron chi connectivity index (χ1n) is 6.99. The molecule has 0 aliphatic carbocycles. The predicted octanol–water partition coefficient (Wildman–Crippen LogP) is 3.70. The molecule has 0 spiro atoms. The second-order valence-corrected chi connectivity index (χ2v) is 5.67. The van der Waals surface area contributed by atoms with Crippen LogP contribution in [0, 0.1) is 13.8 Å². The number of rotatable bonds is 3. The van der Waals surface area contributed by atoms with Crippen LogP contribution >= 0.6 is 11.6 Å². The highest BCUT2D eigenvalue weighted by Crippen LogP contribution is 2.27. The largest absolute Gasteiger partial charge is 0.390 e. The zero-order valence-electron chi connectivity index (χ0n) is 12.4. The summed E-state index contributed by atoms with van der Waals surface area (Å²) >= 11 is 5.95. The van der Waals surface area contributed by atoms with Crippen LogP contribution in [-0.2, 0) is 6.61 Å². The molecule has 22 heavy (non-hydrogen) atoms. The lowest BCUT2D eigenvalue weighted by atomic mass is 10.1. The molecule has 0 aliphatic rings. The van der Waals surface area contributed by atoms with E-state index in [0.29, 0.717) is 10.7 Å². The minimum absolute atomic E-state index is 0.164. The molecule has 1 N–H and O–H groups in total. The molecule has 112 valence electrons. The van der Waals surface area contributed by atoms with Crippen LogP contribution in [0.25, 0.3) is 16.9 Å². The third-order valence-electron chi connectivity index (χ3n) is 3.74. The molecule has 3 aromatic rings. The Kier molecular flexibility index (Phi) is 3.96. The highest BCUT2D eigenvalue weighted by atomic mass is 35.5. The monoisotopic (exact) mass is 313 g/mol. The van der Waals surface area contributed by atoms with Crippen molar-refractivity contribution in [3.8, 4) is 16.9 Å². The summed E-state index contributed by atoms with van der Waals surface area (Å²) in [7, 11) is 0. The molecule has 3 rings (SSSR count). The van der Waals surface area contributed by atoms with Crippen LogP contribution in [0.1, 0.15) is 16.8 Å². The van der Waals surface area contributed by atoms with Gasteiger partial charge in [0.1, 0.15) is 11.4 Å². The van der Waals surface area contributed by atoms with Gasteiger partial charge in [-0.3, -0.25) is 0 Å². The Bertz CT molecular complexity index is 809. The highest BCUT2D eigenvalue weighted by molar-refractivity contribution is 6.30. The molecule has 0 fully saturated rings. The van der Waals surface area contributed by atoms with Crippen LogP contribution in [0.4, 0.5) is 0 Å². The fourth-order valence-electron chi connectivity index (χ4n) is 2.35. The van der Waals surface area contributed by atoms with E-state index >= 15 is 0 Å². The van der Waals surface area contributed by atoms with Crippen molar-refractivity contribution in [3.63, 3.8) is 0 Å². The van der Waals surface area contributed by atoms with Gasteiger partial charge in [-0.25, -0.2) is 4.68 Å². The van der Waals surface area contributed by atoms with Crippen LogP contribution in [0.2, 0.25) is 5.02 Å². The maximum atomic E-state index is 9.55. The molecule has 1 aromatic heterocycles. The highest BCUT2D eigenvalue weighted by Gasteiger charge is 2.16. The van der Waals surface area contributed by atoms with Crippen molar-refractivity contribution in [2.75, 3.05) is 0 Å². The molecule has 2 aromatic carbocycles. The summed E-state index contributed by atoms with van der Waals surface area (Å²) in [5.74, 6) is 0. The average molecular weight is 314 g/mol. The maximum absolute atomic E-state index is 9.55. The van der Waals surface area contributed by atoms with Crippen LogP contribution in [-0.4, -0.2) is 20.1 Å². The fraction of sp³-hybridized carbons (Fsp3) is 0.176.